The minimum atomic E-state index is 0.635. The van der Waals surface area contributed by atoms with E-state index in [9.17, 15) is 0 Å². The van der Waals surface area contributed by atoms with Crippen LogP contribution in [0.2, 0.25) is 0 Å². The first-order valence-electron chi connectivity index (χ1n) is 7.10. The lowest BCUT2D eigenvalue weighted by molar-refractivity contribution is 0.169. The Balaban J connectivity index is 2.16. The smallest absolute Gasteiger partial charge is 0.00937 e. The van der Waals surface area contributed by atoms with Crippen molar-refractivity contribution in [3.05, 3.63) is 0 Å². The van der Waals surface area contributed by atoms with Gasteiger partial charge in [-0.05, 0) is 38.3 Å². The molecule has 0 aliphatic carbocycles. The highest BCUT2D eigenvalue weighted by Crippen LogP contribution is 2.14. The molecule has 0 spiro atoms. The first-order valence-corrected chi connectivity index (χ1v) is 7.10. The van der Waals surface area contributed by atoms with Crippen LogP contribution in [0.25, 0.3) is 0 Å². The molecule has 0 aromatic heterocycles. The van der Waals surface area contributed by atoms with Crippen LogP contribution in [0.1, 0.15) is 53.4 Å². The summed E-state index contributed by atoms with van der Waals surface area (Å²) in [5, 5.41) is 3.65. The lowest BCUT2D eigenvalue weighted by Gasteiger charge is -2.34. The Labute approximate surface area is 102 Å². The van der Waals surface area contributed by atoms with E-state index in [2.05, 4.69) is 37.9 Å². The molecule has 1 rings (SSSR count). The average Bonchev–Trinajstić information content (AvgIpc) is 2.20. The number of likely N-dealkylation sites (tertiary alicyclic amines) is 1. The van der Waals surface area contributed by atoms with Gasteiger partial charge in [0.25, 0.3) is 0 Å². The molecule has 1 aliphatic heterocycles. The molecule has 2 heteroatoms. The highest BCUT2D eigenvalue weighted by atomic mass is 15.1. The molecule has 0 bridgehead atoms. The Morgan fingerprint density at radius 3 is 2.31 bits per heavy atom. The second-order valence-electron chi connectivity index (χ2n) is 5.79. The third kappa shape index (κ3) is 5.31. The van der Waals surface area contributed by atoms with E-state index in [-0.39, 0.29) is 0 Å². The van der Waals surface area contributed by atoms with Crippen molar-refractivity contribution in [3.63, 3.8) is 0 Å². The predicted octanol–water partition coefficient (Wildman–Crippen LogP) is 2.89. The van der Waals surface area contributed by atoms with E-state index < -0.39 is 0 Å². The maximum Gasteiger partial charge on any atom is 0.00937 e. The Morgan fingerprint density at radius 2 is 1.81 bits per heavy atom. The highest BCUT2D eigenvalue weighted by Gasteiger charge is 2.20. The van der Waals surface area contributed by atoms with Gasteiger partial charge in [-0.1, -0.05) is 34.1 Å². The number of rotatable bonds is 6. The molecule has 0 amide bonds. The fourth-order valence-corrected chi connectivity index (χ4v) is 2.78. The summed E-state index contributed by atoms with van der Waals surface area (Å²) in [4.78, 5) is 2.65. The van der Waals surface area contributed by atoms with Gasteiger partial charge in [-0.2, -0.15) is 0 Å². The largest absolute Gasteiger partial charge is 0.312 e. The fraction of sp³-hybridized carbons (Fsp3) is 1.00. The van der Waals surface area contributed by atoms with Gasteiger partial charge in [-0.3, -0.25) is 0 Å². The van der Waals surface area contributed by atoms with E-state index in [0.717, 1.165) is 12.0 Å². The topological polar surface area (TPSA) is 15.3 Å². The van der Waals surface area contributed by atoms with E-state index in [1.807, 2.05) is 0 Å². The summed E-state index contributed by atoms with van der Waals surface area (Å²) < 4.78 is 0. The lowest BCUT2D eigenvalue weighted by Crippen LogP contribution is -2.45. The Kier molecular flexibility index (Phi) is 6.37. The van der Waals surface area contributed by atoms with Gasteiger partial charge in [-0.25, -0.2) is 0 Å². The van der Waals surface area contributed by atoms with Crippen molar-refractivity contribution >= 4 is 0 Å². The summed E-state index contributed by atoms with van der Waals surface area (Å²) >= 11 is 0. The van der Waals surface area contributed by atoms with Gasteiger partial charge in [0.1, 0.15) is 0 Å². The third-order valence-corrected chi connectivity index (χ3v) is 3.51. The Bertz CT molecular complexity index is 172. The summed E-state index contributed by atoms with van der Waals surface area (Å²) in [6, 6.07) is 1.40. The summed E-state index contributed by atoms with van der Waals surface area (Å²) in [5.41, 5.74) is 0. The van der Waals surface area contributed by atoms with Gasteiger partial charge in [0.15, 0.2) is 0 Å². The number of nitrogens with zero attached hydrogens (tertiary/aromatic N) is 1. The van der Waals surface area contributed by atoms with Crippen LogP contribution in [0.15, 0.2) is 0 Å². The molecule has 1 N–H and O–H groups in total. The molecule has 2 nitrogen and oxygen atoms in total. The zero-order valence-electron chi connectivity index (χ0n) is 11.6. The summed E-state index contributed by atoms with van der Waals surface area (Å²) in [6.45, 7) is 13.1. The molecule has 0 saturated carbocycles. The van der Waals surface area contributed by atoms with Crippen molar-refractivity contribution in [3.8, 4) is 0 Å². The summed E-state index contributed by atoms with van der Waals surface area (Å²) in [7, 11) is 0. The van der Waals surface area contributed by atoms with Crippen molar-refractivity contribution in [2.75, 3.05) is 19.6 Å². The minimum Gasteiger partial charge on any atom is -0.312 e. The van der Waals surface area contributed by atoms with Gasteiger partial charge in [0, 0.05) is 18.6 Å². The van der Waals surface area contributed by atoms with Crippen LogP contribution in [-0.2, 0) is 0 Å². The molecule has 96 valence electrons. The van der Waals surface area contributed by atoms with E-state index in [1.165, 1.54) is 45.3 Å². The van der Waals surface area contributed by atoms with Crippen molar-refractivity contribution in [2.45, 2.75) is 65.5 Å². The molecular weight excluding hydrogens is 196 g/mol. The molecule has 1 atom stereocenters. The molecular formula is C14H30N2. The van der Waals surface area contributed by atoms with E-state index in [1.54, 1.807) is 0 Å². The average molecular weight is 226 g/mol. The van der Waals surface area contributed by atoms with Crippen LogP contribution in [-0.4, -0.2) is 36.6 Å². The van der Waals surface area contributed by atoms with Crippen LogP contribution in [0, 0.1) is 5.92 Å². The zero-order valence-corrected chi connectivity index (χ0v) is 11.6. The van der Waals surface area contributed by atoms with Crippen molar-refractivity contribution in [1.82, 2.24) is 10.2 Å². The maximum atomic E-state index is 3.65. The number of hydrogen-bond donors (Lipinski definition) is 1. The fourth-order valence-electron chi connectivity index (χ4n) is 2.78. The molecule has 0 aromatic carbocycles. The number of nitrogens with one attached hydrogen (secondary N) is 1. The molecule has 1 unspecified atom stereocenters. The minimum absolute atomic E-state index is 0.635. The molecule has 16 heavy (non-hydrogen) atoms. The van der Waals surface area contributed by atoms with Crippen LogP contribution < -0.4 is 5.32 Å². The highest BCUT2D eigenvalue weighted by molar-refractivity contribution is 4.79. The van der Waals surface area contributed by atoms with Crippen molar-refractivity contribution < 1.29 is 0 Å². The lowest BCUT2D eigenvalue weighted by atomic mass is 10.0. The van der Waals surface area contributed by atoms with E-state index in [4.69, 9.17) is 0 Å². The third-order valence-electron chi connectivity index (χ3n) is 3.51. The summed E-state index contributed by atoms with van der Waals surface area (Å²) in [5.74, 6) is 0.875. The van der Waals surface area contributed by atoms with Crippen LogP contribution in [0.3, 0.4) is 0 Å². The van der Waals surface area contributed by atoms with Crippen molar-refractivity contribution in [2.24, 2.45) is 5.92 Å². The first kappa shape index (κ1) is 14.0. The normalized spacial score (nSPS) is 21.6. The van der Waals surface area contributed by atoms with Gasteiger partial charge >= 0.3 is 0 Å². The second-order valence-corrected chi connectivity index (χ2v) is 5.79. The van der Waals surface area contributed by atoms with Crippen LogP contribution in [0.5, 0.6) is 0 Å². The van der Waals surface area contributed by atoms with Crippen molar-refractivity contribution in [1.29, 1.82) is 0 Å². The number of hydrogen-bond acceptors (Lipinski definition) is 2. The molecule has 0 radical (unpaired) electrons. The Morgan fingerprint density at radius 1 is 1.19 bits per heavy atom. The van der Waals surface area contributed by atoms with E-state index in [0.29, 0.717) is 6.04 Å². The van der Waals surface area contributed by atoms with Gasteiger partial charge < -0.3 is 10.2 Å². The van der Waals surface area contributed by atoms with Gasteiger partial charge in [-0.15, -0.1) is 0 Å². The summed E-state index contributed by atoms with van der Waals surface area (Å²) in [6.07, 6.45) is 5.37. The number of piperidine rings is 1. The second kappa shape index (κ2) is 7.29. The Hall–Kier alpha value is -0.0800. The predicted molar refractivity (Wildman–Crippen MR) is 71.8 cm³/mol. The molecule has 1 aliphatic rings. The zero-order chi connectivity index (χ0) is 12.0. The van der Waals surface area contributed by atoms with Crippen LogP contribution in [0.4, 0.5) is 0 Å². The van der Waals surface area contributed by atoms with E-state index >= 15 is 0 Å². The molecule has 1 heterocycles. The SMILES string of the molecule is CCCC(C)CN1CCC(NC(C)C)CC1. The standard InChI is InChI=1S/C14H30N2/c1-5-6-13(4)11-16-9-7-14(8-10-16)15-12(2)3/h12-15H,5-11H2,1-4H3. The van der Waals surface area contributed by atoms with Crippen LogP contribution >= 0.6 is 0 Å². The molecule has 0 aromatic rings. The molecule has 1 fully saturated rings. The maximum absolute atomic E-state index is 3.65. The quantitative estimate of drug-likeness (QED) is 0.749. The first-order chi connectivity index (χ1) is 7.61. The van der Waals surface area contributed by atoms with Gasteiger partial charge in [0.05, 0.1) is 0 Å². The molecule has 1 saturated heterocycles. The van der Waals surface area contributed by atoms with Gasteiger partial charge in [0.2, 0.25) is 0 Å². The monoisotopic (exact) mass is 226 g/mol.